The molecule has 0 heterocycles. The molecule has 106 valence electrons. The number of hydrogen-bond acceptors (Lipinski definition) is 2. The van der Waals surface area contributed by atoms with Crippen LogP contribution in [-0.4, -0.2) is 14.2 Å². The standard InChI is InChI=1S/C15H14BrClINO/c1-19-14(9-4-3-5-11(18)6-9)12-7-10(17)8-13(16)15(12)20-2/h3-8,14,19H,1-2H3. The molecule has 0 radical (unpaired) electrons. The summed E-state index contributed by atoms with van der Waals surface area (Å²) in [4.78, 5) is 0. The first-order valence-corrected chi connectivity index (χ1v) is 8.27. The first kappa shape index (κ1) is 16.1. The number of rotatable bonds is 4. The number of benzene rings is 2. The first-order valence-electron chi connectivity index (χ1n) is 6.02. The molecule has 2 aromatic carbocycles. The van der Waals surface area contributed by atoms with Gasteiger partial charge in [-0.25, -0.2) is 0 Å². The van der Waals surface area contributed by atoms with Crippen molar-refractivity contribution in [1.82, 2.24) is 5.32 Å². The predicted molar refractivity (Wildman–Crippen MR) is 95.8 cm³/mol. The Hall–Kier alpha value is -0.300. The zero-order chi connectivity index (χ0) is 14.7. The van der Waals surface area contributed by atoms with Gasteiger partial charge in [0.05, 0.1) is 17.6 Å². The van der Waals surface area contributed by atoms with Crippen LogP contribution in [-0.2, 0) is 0 Å². The van der Waals surface area contributed by atoms with Crippen molar-refractivity contribution in [2.45, 2.75) is 6.04 Å². The molecule has 1 N–H and O–H groups in total. The molecule has 0 saturated heterocycles. The lowest BCUT2D eigenvalue weighted by molar-refractivity contribution is 0.402. The van der Waals surface area contributed by atoms with E-state index in [4.69, 9.17) is 16.3 Å². The Labute approximate surface area is 146 Å². The number of ether oxygens (including phenoxy) is 1. The quantitative estimate of drug-likeness (QED) is 0.639. The third-order valence-electron chi connectivity index (χ3n) is 3.02. The Morgan fingerprint density at radius 1 is 1.30 bits per heavy atom. The Balaban J connectivity index is 2.57. The van der Waals surface area contributed by atoms with Crippen molar-refractivity contribution in [3.63, 3.8) is 0 Å². The van der Waals surface area contributed by atoms with Gasteiger partial charge in [-0.3, -0.25) is 0 Å². The average Bonchev–Trinajstić information content (AvgIpc) is 2.39. The van der Waals surface area contributed by atoms with Gasteiger partial charge in [0.1, 0.15) is 5.75 Å². The van der Waals surface area contributed by atoms with Gasteiger partial charge in [0.15, 0.2) is 0 Å². The molecule has 0 spiro atoms. The number of methoxy groups -OCH3 is 1. The monoisotopic (exact) mass is 465 g/mol. The van der Waals surface area contributed by atoms with Crippen LogP contribution < -0.4 is 10.1 Å². The van der Waals surface area contributed by atoms with E-state index in [0.29, 0.717) is 5.02 Å². The molecule has 0 aromatic heterocycles. The Kier molecular flexibility index (Phi) is 5.72. The summed E-state index contributed by atoms with van der Waals surface area (Å²) in [5, 5.41) is 4.01. The lowest BCUT2D eigenvalue weighted by atomic mass is 9.98. The van der Waals surface area contributed by atoms with Gasteiger partial charge in [-0.1, -0.05) is 23.7 Å². The van der Waals surface area contributed by atoms with E-state index in [1.54, 1.807) is 7.11 Å². The molecule has 1 atom stereocenters. The van der Waals surface area contributed by atoms with Crippen molar-refractivity contribution in [1.29, 1.82) is 0 Å². The van der Waals surface area contributed by atoms with Crippen LogP contribution in [0.1, 0.15) is 17.2 Å². The van der Waals surface area contributed by atoms with Crippen molar-refractivity contribution in [2.75, 3.05) is 14.2 Å². The van der Waals surface area contributed by atoms with E-state index in [1.807, 2.05) is 25.2 Å². The molecule has 1 unspecified atom stereocenters. The van der Waals surface area contributed by atoms with Crippen LogP contribution in [0.3, 0.4) is 0 Å². The van der Waals surface area contributed by atoms with Crippen molar-refractivity contribution < 1.29 is 4.74 Å². The minimum absolute atomic E-state index is 0.0228. The molecule has 2 nitrogen and oxygen atoms in total. The summed E-state index contributed by atoms with van der Waals surface area (Å²) in [7, 11) is 3.59. The fourth-order valence-electron chi connectivity index (χ4n) is 2.20. The molecule has 0 bridgehead atoms. The van der Waals surface area contributed by atoms with Crippen LogP contribution in [0.15, 0.2) is 40.9 Å². The molecular weight excluding hydrogens is 452 g/mol. The minimum Gasteiger partial charge on any atom is -0.495 e. The average molecular weight is 467 g/mol. The minimum atomic E-state index is 0.0228. The molecule has 0 aliphatic rings. The highest BCUT2D eigenvalue weighted by Gasteiger charge is 2.19. The summed E-state index contributed by atoms with van der Waals surface area (Å²) in [6.45, 7) is 0. The van der Waals surface area contributed by atoms with Gasteiger partial charge in [0, 0.05) is 14.2 Å². The second-order valence-electron chi connectivity index (χ2n) is 4.29. The van der Waals surface area contributed by atoms with Gasteiger partial charge < -0.3 is 10.1 Å². The largest absolute Gasteiger partial charge is 0.495 e. The summed E-state index contributed by atoms with van der Waals surface area (Å²) in [6, 6.07) is 12.2. The molecule has 20 heavy (non-hydrogen) atoms. The van der Waals surface area contributed by atoms with E-state index in [9.17, 15) is 0 Å². The highest BCUT2D eigenvalue weighted by atomic mass is 127. The topological polar surface area (TPSA) is 21.3 Å². The molecule has 0 fully saturated rings. The Bertz CT molecular complexity index is 621. The van der Waals surface area contributed by atoms with Crippen molar-refractivity contribution in [3.8, 4) is 5.75 Å². The SMILES string of the molecule is CNC(c1cccc(I)c1)c1cc(Cl)cc(Br)c1OC. The molecule has 2 rings (SSSR count). The third-order valence-corrected chi connectivity index (χ3v) is 4.50. The maximum absolute atomic E-state index is 6.18. The van der Waals surface area contributed by atoms with Crippen LogP contribution in [0.5, 0.6) is 5.75 Å². The number of halogens is 3. The van der Waals surface area contributed by atoms with Gasteiger partial charge >= 0.3 is 0 Å². The normalized spacial score (nSPS) is 12.2. The maximum Gasteiger partial charge on any atom is 0.138 e. The summed E-state index contributed by atoms with van der Waals surface area (Å²) in [5.74, 6) is 0.799. The fourth-order valence-corrected chi connectivity index (χ4v) is 3.76. The van der Waals surface area contributed by atoms with E-state index < -0.39 is 0 Å². The van der Waals surface area contributed by atoms with Crippen LogP contribution in [0.25, 0.3) is 0 Å². The summed E-state index contributed by atoms with van der Waals surface area (Å²) in [5.41, 5.74) is 2.18. The van der Waals surface area contributed by atoms with Crippen LogP contribution >= 0.6 is 50.1 Å². The Morgan fingerprint density at radius 2 is 2.05 bits per heavy atom. The maximum atomic E-state index is 6.18. The highest BCUT2D eigenvalue weighted by molar-refractivity contribution is 14.1. The molecule has 0 aliphatic heterocycles. The van der Waals surface area contributed by atoms with Gasteiger partial charge in [0.2, 0.25) is 0 Å². The van der Waals surface area contributed by atoms with E-state index in [2.05, 4.69) is 62.0 Å². The fraction of sp³-hybridized carbons (Fsp3) is 0.200. The summed E-state index contributed by atoms with van der Waals surface area (Å²) in [6.07, 6.45) is 0. The van der Waals surface area contributed by atoms with Crippen molar-refractivity contribution in [3.05, 3.63) is 60.6 Å². The second kappa shape index (κ2) is 7.11. The smallest absolute Gasteiger partial charge is 0.138 e. The van der Waals surface area contributed by atoms with E-state index in [-0.39, 0.29) is 6.04 Å². The molecule has 0 saturated carbocycles. The van der Waals surface area contributed by atoms with Gasteiger partial charge in [-0.15, -0.1) is 0 Å². The molecular formula is C15H14BrClINO. The second-order valence-corrected chi connectivity index (χ2v) is 6.82. The number of hydrogen-bond donors (Lipinski definition) is 1. The molecule has 0 amide bonds. The number of nitrogens with one attached hydrogen (secondary N) is 1. The van der Waals surface area contributed by atoms with E-state index in [1.165, 1.54) is 9.13 Å². The zero-order valence-corrected chi connectivity index (χ0v) is 15.6. The van der Waals surface area contributed by atoms with E-state index in [0.717, 1.165) is 15.8 Å². The molecule has 2 aromatic rings. The van der Waals surface area contributed by atoms with Crippen molar-refractivity contribution >= 4 is 50.1 Å². The van der Waals surface area contributed by atoms with Gasteiger partial charge in [0.25, 0.3) is 0 Å². The first-order chi connectivity index (χ1) is 9.56. The highest BCUT2D eigenvalue weighted by Crippen LogP contribution is 2.38. The zero-order valence-electron chi connectivity index (χ0n) is 11.1. The van der Waals surface area contributed by atoms with E-state index >= 15 is 0 Å². The Morgan fingerprint density at radius 3 is 2.65 bits per heavy atom. The van der Waals surface area contributed by atoms with Crippen LogP contribution in [0, 0.1) is 3.57 Å². The van der Waals surface area contributed by atoms with Crippen molar-refractivity contribution in [2.24, 2.45) is 0 Å². The third kappa shape index (κ3) is 3.47. The van der Waals surface area contributed by atoms with Crippen LogP contribution in [0.4, 0.5) is 0 Å². The lowest BCUT2D eigenvalue weighted by Crippen LogP contribution is -2.18. The van der Waals surface area contributed by atoms with Gasteiger partial charge in [-0.2, -0.15) is 0 Å². The summed E-state index contributed by atoms with van der Waals surface area (Å²) >= 11 is 12.0. The van der Waals surface area contributed by atoms with Crippen LogP contribution in [0.2, 0.25) is 5.02 Å². The molecule has 5 heteroatoms. The summed E-state index contributed by atoms with van der Waals surface area (Å²) < 4.78 is 7.57. The lowest BCUT2D eigenvalue weighted by Gasteiger charge is -2.21. The molecule has 0 aliphatic carbocycles. The van der Waals surface area contributed by atoms with Gasteiger partial charge in [-0.05, 0) is 75.4 Å². The predicted octanol–water partition coefficient (Wildman–Crippen LogP) is 5.02.